The first-order valence-corrected chi connectivity index (χ1v) is 7.41. The van der Waals surface area contributed by atoms with Gasteiger partial charge in [0.15, 0.2) is 5.17 Å². The zero-order valence-electron chi connectivity index (χ0n) is 11.3. The molecular weight excluding hydrogens is 242 g/mol. The summed E-state index contributed by atoms with van der Waals surface area (Å²) in [5.74, 6) is 0.741. The molecule has 2 atom stereocenters. The Morgan fingerprint density at radius 2 is 2.22 bits per heavy atom. The van der Waals surface area contributed by atoms with Crippen molar-refractivity contribution in [2.45, 2.75) is 38.5 Å². The van der Waals surface area contributed by atoms with E-state index in [2.05, 4.69) is 36.1 Å². The van der Waals surface area contributed by atoms with E-state index in [0.29, 0.717) is 5.25 Å². The van der Waals surface area contributed by atoms with Crippen LogP contribution in [0.15, 0.2) is 29.4 Å². The number of aromatic nitrogens is 1. The van der Waals surface area contributed by atoms with Crippen molar-refractivity contribution in [3.8, 4) is 0 Å². The lowest BCUT2D eigenvalue weighted by Crippen LogP contribution is -2.24. The molecule has 0 amide bonds. The molecule has 98 valence electrons. The summed E-state index contributed by atoms with van der Waals surface area (Å²) in [6, 6.07) is 6.22. The Morgan fingerprint density at radius 3 is 2.89 bits per heavy atom. The second kappa shape index (κ2) is 6.23. The van der Waals surface area contributed by atoms with Crippen LogP contribution in [0.4, 0.5) is 0 Å². The summed E-state index contributed by atoms with van der Waals surface area (Å²) in [6.45, 7) is 7.60. The van der Waals surface area contributed by atoms with E-state index in [4.69, 9.17) is 0 Å². The number of nitrogens with zero attached hydrogens (tertiary/aromatic N) is 2. The fourth-order valence-corrected chi connectivity index (χ4v) is 3.38. The van der Waals surface area contributed by atoms with Gasteiger partial charge in [0.1, 0.15) is 0 Å². The second-order valence-electron chi connectivity index (χ2n) is 5.14. The van der Waals surface area contributed by atoms with E-state index in [1.807, 2.05) is 36.2 Å². The average molecular weight is 263 g/mol. The molecule has 1 aromatic heterocycles. The van der Waals surface area contributed by atoms with Crippen LogP contribution in [0.3, 0.4) is 0 Å². The standard InChI is InChI=1S/C14H21N3S/c1-10(2)8-12-9-16-14(18-12)17-11(3)13-6-4-5-7-15-13/h4-7,10-12H,8-9H2,1-3H3,(H,16,17). The Labute approximate surface area is 113 Å². The van der Waals surface area contributed by atoms with E-state index in [9.17, 15) is 0 Å². The van der Waals surface area contributed by atoms with Crippen LogP contribution in [-0.4, -0.2) is 21.9 Å². The first-order valence-electron chi connectivity index (χ1n) is 6.53. The van der Waals surface area contributed by atoms with Crippen molar-refractivity contribution in [3.63, 3.8) is 0 Å². The minimum absolute atomic E-state index is 0.218. The van der Waals surface area contributed by atoms with Gasteiger partial charge in [-0.2, -0.15) is 0 Å². The predicted molar refractivity (Wildman–Crippen MR) is 78.9 cm³/mol. The van der Waals surface area contributed by atoms with E-state index in [0.717, 1.165) is 23.3 Å². The van der Waals surface area contributed by atoms with Crippen molar-refractivity contribution in [1.29, 1.82) is 0 Å². The van der Waals surface area contributed by atoms with Crippen molar-refractivity contribution in [1.82, 2.24) is 10.3 Å². The third kappa shape index (κ3) is 3.73. The Morgan fingerprint density at radius 1 is 1.39 bits per heavy atom. The molecule has 0 aromatic carbocycles. The van der Waals surface area contributed by atoms with Crippen molar-refractivity contribution in [2.75, 3.05) is 6.54 Å². The summed E-state index contributed by atoms with van der Waals surface area (Å²) in [6.07, 6.45) is 3.07. The van der Waals surface area contributed by atoms with Gasteiger partial charge in [0, 0.05) is 11.4 Å². The van der Waals surface area contributed by atoms with Gasteiger partial charge in [0.05, 0.1) is 18.3 Å². The topological polar surface area (TPSA) is 37.3 Å². The highest BCUT2D eigenvalue weighted by Gasteiger charge is 2.21. The lowest BCUT2D eigenvalue weighted by atomic mass is 10.1. The molecule has 4 heteroatoms. The van der Waals surface area contributed by atoms with Crippen molar-refractivity contribution in [2.24, 2.45) is 10.9 Å². The van der Waals surface area contributed by atoms with Crippen LogP contribution in [0.2, 0.25) is 0 Å². The molecule has 1 aromatic rings. The second-order valence-corrected chi connectivity index (χ2v) is 6.42. The number of aliphatic imine (C=N–C) groups is 1. The maximum Gasteiger partial charge on any atom is 0.157 e. The van der Waals surface area contributed by atoms with Crippen molar-refractivity contribution in [3.05, 3.63) is 30.1 Å². The van der Waals surface area contributed by atoms with Gasteiger partial charge in [-0.3, -0.25) is 9.98 Å². The minimum atomic E-state index is 0.218. The van der Waals surface area contributed by atoms with Crippen LogP contribution in [-0.2, 0) is 0 Å². The third-order valence-corrected chi connectivity index (χ3v) is 4.07. The monoisotopic (exact) mass is 263 g/mol. The van der Waals surface area contributed by atoms with Gasteiger partial charge in [0.2, 0.25) is 0 Å². The number of pyridine rings is 1. The molecule has 0 saturated carbocycles. The van der Waals surface area contributed by atoms with Crippen LogP contribution in [0.25, 0.3) is 0 Å². The number of nitrogens with one attached hydrogen (secondary N) is 1. The van der Waals surface area contributed by atoms with Crippen molar-refractivity contribution >= 4 is 16.9 Å². The fourth-order valence-electron chi connectivity index (χ4n) is 2.04. The zero-order valence-corrected chi connectivity index (χ0v) is 12.1. The Hall–Kier alpha value is -1.03. The highest BCUT2D eigenvalue weighted by molar-refractivity contribution is 8.14. The molecule has 18 heavy (non-hydrogen) atoms. The lowest BCUT2D eigenvalue weighted by Gasteiger charge is -2.15. The van der Waals surface area contributed by atoms with Crippen LogP contribution in [0.1, 0.15) is 38.9 Å². The van der Waals surface area contributed by atoms with Gasteiger partial charge in [-0.05, 0) is 31.4 Å². The normalized spacial score (nSPS) is 20.9. The number of amidine groups is 1. The maximum atomic E-state index is 4.58. The van der Waals surface area contributed by atoms with Gasteiger partial charge in [0.25, 0.3) is 0 Å². The Balaban J connectivity index is 1.85. The molecule has 0 radical (unpaired) electrons. The molecule has 2 heterocycles. The van der Waals surface area contributed by atoms with Gasteiger partial charge >= 0.3 is 0 Å². The van der Waals surface area contributed by atoms with Crippen LogP contribution in [0, 0.1) is 5.92 Å². The molecular formula is C14H21N3S. The molecule has 0 spiro atoms. The number of hydrogen-bond acceptors (Lipinski definition) is 4. The number of thioether (sulfide) groups is 1. The van der Waals surface area contributed by atoms with E-state index in [1.54, 1.807) is 0 Å². The maximum absolute atomic E-state index is 4.58. The molecule has 0 saturated heterocycles. The van der Waals surface area contributed by atoms with E-state index >= 15 is 0 Å². The molecule has 3 nitrogen and oxygen atoms in total. The summed E-state index contributed by atoms with van der Waals surface area (Å²) in [5.41, 5.74) is 1.06. The summed E-state index contributed by atoms with van der Waals surface area (Å²) >= 11 is 1.87. The predicted octanol–water partition coefficient (Wildman–Crippen LogP) is 3.25. The quantitative estimate of drug-likeness (QED) is 0.906. The molecule has 1 aliphatic rings. The third-order valence-electron chi connectivity index (χ3n) is 2.92. The zero-order chi connectivity index (χ0) is 13.0. The number of hydrogen-bond donors (Lipinski definition) is 1. The molecule has 0 fully saturated rings. The first-order chi connectivity index (χ1) is 8.65. The van der Waals surface area contributed by atoms with Crippen LogP contribution in [0.5, 0.6) is 0 Å². The van der Waals surface area contributed by atoms with Gasteiger partial charge in [-0.25, -0.2) is 0 Å². The summed E-state index contributed by atoms with van der Waals surface area (Å²) < 4.78 is 0. The Bertz CT molecular complexity index is 403. The highest BCUT2D eigenvalue weighted by atomic mass is 32.2. The summed E-state index contributed by atoms with van der Waals surface area (Å²) in [4.78, 5) is 8.94. The van der Waals surface area contributed by atoms with E-state index in [-0.39, 0.29) is 6.04 Å². The molecule has 0 bridgehead atoms. The first kappa shape index (κ1) is 13.4. The van der Waals surface area contributed by atoms with Crippen molar-refractivity contribution < 1.29 is 0 Å². The van der Waals surface area contributed by atoms with E-state index in [1.165, 1.54) is 6.42 Å². The van der Waals surface area contributed by atoms with Gasteiger partial charge in [-0.1, -0.05) is 31.7 Å². The molecule has 1 N–H and O–H groups in total. The summed E-state index contributed by atoms with van der Waals surface area (Å²) in [7, 11) is 0. The molecule has 0 aliphatic carbocycles. The van der Waals surface area contributed by atoms with Gasteiger partial charge < -0.3 is 5.32 Å². The largest absolute Gasteiger partial charge is 0.357 e. The van der Waals surface area contributed by atoms with Gasteiger partial charge in [-0.15, -0.1) is 0 Å². The molecule has 1 aliphatic heterocycles. The van der Waals surface area contributed by atoms with E-state index < -0.39 is 0 Å². The molecule has 2 unspecified atom stereocenters. The van der Waals surface area contributed by atoms with Crippen LogP contribution < -0.4 is 5.32 Å². The average Bonchev–Trinajstić information content (AvgIpc) is 2.76. The number of rotatable bonds is 4. The minimum Gasteiger partial charge on any atom is -0.357 e. The Kier molecular flexibility index (Phi) is 4.64. The molecule has 2 rings (SSSR count). The highest BCUT2D eigenvalue weighted by Crippen LogP contribution is 2.26. The fraction of sp³-hybridized carbons (Fsp3) is 0.571. The lowest BCUT2D eigenvalue weighted by molar-refractivity contribution is 0.575. The summed E-state index contributed by atoms with van der Waals surface area (Å²) in [5, 5.41) is 5.16. The van der Waals surface area contributed by atoms with Crippen LogP contribution >= 0.6 is 11.8 Å². The smallest absolute Gasteiger partial charge is 0.157 e. The SMILES string of the molecule is CC(C)CC1CN=C(NC(C)c2ccccn2)S1.